The van der Waals surface area contributed by atoms with Crippen LogP contribution in [-0.2, 0) is 6.42 Å². The highest BCUT2D eigenvalue weighted by atomic mass is 14.9. The van der Waals surface area contributed by atoms with Crippen LogP contribution in [0.5, 0.6) is 0 Å². The zero-order valence-electron chi connectivity index (χ0n) is 22.2. The molecular formula is C37H24N4. The zero-order valence-corrected chi connectivity index (χ0v) is 22.2. The second-order valence-corrected chi connectivity index (χ2v) is 10.3. The molecule has 0 saturated carbocycles. The molecule has 1 aliphatic rings. The predicted molar refractivity (Wildman–Crippen MR) is 165 cm³/mol. The van der Waals surface area contributed by atoms with E-state index in [1.54, 1.807) is 12.4 Å². The van der Waals surface area contributed by atoms with Crippen molar-refractivity contribution in [2.45, 2.75) is 6.42 Å². The lowest BCUT2D eigenvalue weighted by molar-refractivity contribution is 1.17. The molecule has 4 nitrogen and oxygen atoms in total. The van der Waals surface area contributed by atoms with Crippen molar-refractivity contribution in [2.24, 2.45) is 0 Å². The second kappa shape index (κ2) is 9.61. The highest BCUT2D eigenvalue weighted by Gasteiger charge is 2.21. The molecule has 0 saturated heterocycles. The number of fused-ring (bicyclic) bond motifs is 4. The van der Waals surface area contributed by atoms with Crippen LogP contribution in [0.15, 0.2) is 134 Å². The van der Waals surface area contributed by atoms with E-state index in [1.807, 2.05) is 36.5 Å². The number of rotatable bonds is 4. The fourth-order valence-corrected chi connectivity index (χ4v) is 5.90. The fraction of sp³-hybridized carbons (Fsp3) is 0.0270. The van der Waals surface area contributed by atoms with Crippen molar-refractivity contribution in [3.8, 4) is 56.2 Å². The molecule has 0 aliphatic heterocycles. The first-order valence-electron chi connectivity index (χ1n) is 13.8. The van der Waals surface area contributed by atoms with Crippen LogP contribution in [0.4, 0.5) is 0 Å². The summed E-state index contributed by atoms with van der Waals surface area (Å²) in [6.45, 7) is 0. The lowest BCUT2D eigenvalue weighted by Crippen LogP contribution is -1.97. The molecule has 192 valence electrons. The Morgan fingerprint density at radius 1 is 0.512 bits per heavy atom. The molecular weight excluding hydrogens is 500 g/mol. The molecule has 0 fully saturated rings. The zero-order chi connectivity index (χ0) is 27.2. The highest BCUT2D eigenvalue weighted by molar-refractivity contribution is 5.93. The fourth-order valence-electron chi connectivity index (χ4n) is 5.90. The second-order valence-electron chi connectivity index (χ2n) is 10.3. The van der Waals surface area contributed by atoms with Gasteiger partial charge in [-0.15, -0.1) is 0 Å². The summed E-state index contributed by atoms with van der Waals surface area (Å²) in [4.78, 5) is 19.0. The molecule has 1 aliphatic carbocycles. The number of nitrogens with zero attached hydrogens (tertiary/aromatic N) is 4. The van der Waals surface area contributed by atoms with Gasteiger partial charge in [-0.3, -0.25) is 9.97 Å². The van der Waals surface area contributed by atoms with Crippen molar-refractivity contribution in [2.75, 3.05) is 0 Å². The Bertz CT molecular complexity index is 2060. The monoisotopic (exact) mass is 524 g/mol. The van der Waals surface area contributed by atoms with Crippen LogP contribution < -0.4 is 0 Å². The van der Waals surface area contributed by atoms with E-state index in [1.165, 1.54) is 33.4 Å². The number of benzene rings is 4. The summed E-state index contributed by atoms with van der Waals surface area (Å²) in [6.07, 6.45) is 6.37. The van der Waals surface area contributed by atoms with Crippen molar-refractivity contribution in [3.63, 3.8) is 0 Å². The van der Waals surface area contributed by atoms with E-state index in [-0.39, 0.29) is 0 Å². The predicted octanol–water partition coefficient (Wildman–Crippen LogP) is 8.66. The van der Waals surface area contributed by atoms with Crippen molar-refractivity contribution < 1.29 is 0 Å². The first-order chi connectivity index (χ1) is 20.3. The Kier molecular flexibility index (Phi) is 5.49. The molecule has 0 spiro atoms. The molecule has 3 heterocycles. The van der Waals surface area contributed by atoms with Gasteiger partial charge in [0.15, 0.2) is 5.82 Å². The quantitative estimate of drug-likeness (QED) is 0.231. The third-order valence-electron chi connectivity index (χ3n) is 7.88. The molecule has 41 heavy (non-hydrogen) atoms. The Hall–Kier alpha value is -5.48. The number of hydrogen-bond acceptors (Lipinski definition) is 4. The van der Waals surface area contributed by atoms with Gasteiger partial charge in [0, 0.05) is 34.5 Å². The first kappa shape index (κ1) is 23.4. The maximum Gasteiger partial charge on any atom is 0.162 e. The third-order valence-corrected chi connectivity index (χ3v) is 7.88. The highest BCUT2D eigenvalue weighted by Crippen LogP contribution is 2.43. The van der Waals surface area contributed by atoms with Crippen LogP contribution in [0.1, 0.15) is 11.1 Å². The number of pyridine rings is 2. The van der Waals surface area contributed by atoms with Crippen LogP contribution in [0.3, 0.4) is 0 Å². The average molecular weight is 525 g/mol. The SMILES string of the molecule is c1ccc(-c2cc(-c3ccc(-c4cccc5c4-c4ccccc4C5)cc3)nc(-c3cncc4ncccc34)n2)cc1. The van der Waals surface area contributed by atoms with E-state index in [0.29, 0.717) is 5.82 Å². The Labute approximate surface area is 238 Å². The van der Waals surface area contributed by atoms with E-state index in [4.69, 9.17) is 9.97 Å². The Morgan fingerprint density at radius 2 is 1.22 bits per heavy atom. The molecule has 7 aromatic rings. The van der Waals surface area contributed by atoms with Crippen molar-refractivity contribution in [3.05, 3.63) is 145 Å². The molecule has 3 aromatic heterocycles. The van der Waals surface area contributed by atoms with Gasteiger partial charge in [-0.25, -0.2) is 9.97 Å². The summed E-state index contributed by atoms with van der Waals surface area (Å²) in [7, 11) is 0. The summed E-state index contributed by atoms with van der Waals surface area (Å²) < 4.78 is 0. The molecule has 0 amide bonds. The van der Waals surface area contributed by atoms with Gasteiger partial charge in [0.05, 0.1) is 23.1 Å². The normalized spacial score (nSPS) is 11.8. The van der Waals surface area contributed by atoms with Crippen LogP contribution in [-0.4, -0.2) is 19.9 Å². The maximum atomic E-state index is 5.06. The van der Waals surface area contributed by atoms with Crippen LogP contribution >= 0.6 is 0 Å². The van der Waals surface area contributed by atoms with Crippen molar-refractivity contribution in [1.29, 1.82) is 0 Å². The molecule has 0 bridgehead atoms. The molecule has 8 rings (SSSR count). The molecule has 0 unspecified atom stereocenters. The van der Waals surface area contributed by atoms with Gasteiger partial charge in [0.2, 0.25) is 0 Å². The van der Waals surface area contributed by atoms with Crippen LogP contribution in [0, 0.1) is 0 Å². The molecule has 0 N–H and O–H groups in total. The first-order valence-corrected chi connectivity index (χ1v) is 13.8. The van der Waals surface area contributed by atoms with Gasteiger partial charge in [-0.1, -0.05) is 103 Å². The molecule has 0 radical (unpaired) electrons. The average Bonchev–Trinajstić information content (AvgIpc) is 3.44. The van der Waals surface area contributed by atoms with Gasteiger partial charge >= 0.3 is 0 Å². The number of hydrogen-bond donors (Lipinski definition) is 0. The minimum atomic E-state index is 0.633. The summed E-state index contributed by atoms with van der Waals surface area (Å²) >= 11 is 0. The van der Waals surface area contributed by atoms with Gasteiger partial charge in [0.1, 0.15) is 0 Å². The van der Waals surface area contributed by atoms with Crippen molar-refractivity contribution >= 4 is 10.9 Å². The Morgan fingerprint density at radius 3 is 2.07 bits per heavy atom. The van der Waals surface area contributed by atoms with Gasteiger partial charge < -0.3 is 0 Å². The standard InChI is InChI=1S/C37H24N4/c1-2-8-25(9-3-1)33-21-34(41-37(40-33)32-22-38-23-35-31(32)14-7-19-39-35)26-17-15-24(16-18-26)29-13-6-11-28-20-27-10-4-5-12-30(27)36(28)29/h1-19,21-23H,20H2. The van der Waals surface area contributed by atoms with E-state index in [0.717, 1.165) is 45.4 Å². The summed E-state index contributed by atoms with van der Waals surface area (Å²) in [5, 5.41) is 0.979. The minimum absolute atomic E-state index is 0.633. The topological polar surface area (TPSA) is 51.6 Å². The van der Waals surface area contributed by atoms with Crippen LogP contribution in [0.2, 0.25) is 0 Å². The lowest BCUT2D eigenvalue weighted by Gasteiger charge is -2.12. The van der Waals surface area contributed by atoms with Crippen molar-refractivity contribution in [1.82, 2.24) is 19.9 Å². The Balaban J connectivity index is 1.25. The van der Waals surface area contributed by atoms with E-state index in [9.17, 15) is 0 Å². The molecule has 0 atom stereocenters. The summed E-state index contributed by atoms with van der Waals surface area (Å²) in [5.74, 6) is 0.633. The molecule has 4 heteroatoms. The van der Waals surface area contributed by atoms with E-state index in [2.05, 4.69) is 94.9 Å². The van der Waals surface area contributed by atoms with Gasteiger partial charge in [0.25, 0.3) is 0 Å². The smallest absolute Gasteiger partial charge is 0.162 e. The maximum absolute atomic E-state index is 5.06. The number of aromatic nitrogens is 4. The van der Waals surface area contributed by atoms with Gasteiger partial charge in [-0.2, -0.15) is 0 Å². The van der Waals surface area contributed by atoms with Crippen LogP contribution in [0.25, 0.3) is 67.1 Å². The molecule has 4 aromatic carbocycles. The lowest BCUT2D eigenvalue weighted by atomic mass is 9.93. The third kappa shape index (κ3) is 4.09. The minimum Gasteiger partial charge on any atom is -0.262 e. The summed E-state index contributed by atoms with van der Waals surface area (Å²) in [6, 6.07) is 40.4. The van der Waals surface area contributed by atoms with E-state index < -0.39 is 0 Å². The summed E-state index contributed by atoms with van der Waals surface area (Å²) in [5.41, 5.74) is 13.4. The van der Waals surface area contributed by atoms with Gasteiger partial charge in [-0.05, 0) is 51.9 Å². The van der Waals surface area contributed by atoms with E-state index >= 15 is 0 Å². The largest absolute Gasteiger partial charge is 0.262 e.